The van der Waals surface area contributed by atoms with Crippen molar-refractivity contribution in [1.82, 2.24) is 4.90 Å². The van der Waals surface area contributed by atoms with Gasteiger partial charge in [-0.3, -0.25) is 19.3 Å². The second kappa shape index (κ2) is 5.81. The Labute approximate surface area is 117 Å². The first-order valence-corrected chi connectivity index (χ1v) is 7.39. The van der Waals surface area contributed by atoms with Crippen molar-refractivity contribution in [1.29, 1.82) is 0 Å². The first-order chi connectivity index (χ1) is 9.00. The first kappa shape index (κ1) is 16.5. The van der Waals surface area contributed by atoms with Gasteiger partial charge < -0.3 is 9.04 Å². The van der Waals surface area contributed by atoms with Gasteiger partial charge in [0.1, 0.15) is 10.1 Å². The van der Waals surface area contributed by atoms with Crippen LogP contribution in [0.15, 0.2) is 12.2 Å². The van der Waals surface area contributed by atoms with Gasteiger partial charge in [0.05, 0.1) is 33.6 Å². The van der Waals surface area contributed by atoms with Crippen LogP contribution in [0.25, 0.3) is 0 Å². The van der Waals surface area contributed by atoms with E-state index in [4.69, 9.17) is 0 Å². The summed E-state index contributed by atoms with van der Waals surface area (Å²) >= 11 is 0. The van der Waals surface area contributed by atoms with Crippen LogP contribution in [-0.2, 0) is 24.5 Å². The van der Waals surface area contributed by atoms with Crippen molar-refractivity contribution in [3.8, 4) is 0 Å². The number of hydrogen-bond donors (Lipinski definition) is 0. The van der Waals surface area contributed by atoms with Crippen LogP contribution in [0.2, 0.25) is 0 Å². The highest BCUT2D eigenvalue weighted by Gasteiger charge is 2.27. The van der Waals surface area contributed by atoms with Gasteiger partial charge in [0.15, 0.2) is 11.7 Å². The lowest BCUT2D eigenvalue weighted by Gasteiger charge is -2.30. The lowest BCUT2D eigenvalue weighted by atomic mass is 10.2. The summed E-state index contributed by atoms with van der Waals surface area (Å²) in [7, 11) is -1.37. The van der Waals surface area contributed by atoms with Gasteiger partial charge in [-0.2, -0.15) is 0 Å². The average molecular weight is 304 g/mol. The maximum absolute atomic E-state index is 11.7. The van der Waals surface area contributed by atoms with Gasteiger partial charge in [-0.15, -0.1) is 0 Å². The minimum Gasteiger partial charge on any atom is -0.744 e. The van der Waals surface area contributed by atoms with Crippen molar-refractivity contribution in [2.24, 2.45) is 0 Å². The molecule has 0 spiro atoms. The van der Waals surface area contributed by atoms with Crippen LogP contribution in [0.1, 0.15) is 6.42 Å². The van der Waals surface area contributed by atoms with E-state index in [9.17, 15) is 27.4 Å². The Hall–Kier alpha value is -1.58. The summed E-state index contributed by atoms with van der Waals surface area (Å²) in [6.45, 7) is -0.210. The largest absolute Gasteiger partial charge is 0.744 e. The van der Waals surface area contributed by atoms with E-state index in [1.165, 1.54) is 14.1 Å². The lowest BCUT2D eigenvalue weighted by Crippen LogP contribution is -2.45. The normalized spacial score (nSPS) is 16.1. The van der Waals surface area contributed by atoms with Crippen LogP contribution in [-0.4, -0.2) is 73.0 Å². The van der Waals surface area contributed by atoms with Gasteiger partial charge >= 0.3 is 0 Å². The molecular weight excluding hydrogens is 288 g/mol. The van der Waals surface area contributed by atoms with E-state index in [2.05, 4.69) is 0 Å². The van der Waals surface area contributed by atoms with E-state index in [1.54, 1.807) is 0 Å². The van der Waals surface area contributed by atoms with Crippen LogP contribution in [0.3, 0.4) is 0 Å². The fourth-order valence-corrected chi connectivity index (χ4v) is 2.75. The van der Waals surface area contributed by atoms with Crippen LogP contribution < -0.4 is 0 Å². The molecule has 0 unspecified atom stereocenters. The molecule has 0 bridgehead atoms. The number of carbonyl (C=O) groups excluding carboxylic acids is 3. The van der Waals surface area contributed by atoms with Crippen molar-refractivity contribution >= 4 is 27.7 Å². The van der Waals surface area contributed by atoms with Gasteiger partial charge in [-0.1, -0.05) is 0 Å². The predicted octanol–water partition coefficient (Wildman–Crippen LogP) is -1.55. The highest BCUT2D eigenvalue weighted by atomic mass is 32.2. The standard InChI is InChI=1S/C11H16N2O6S/c1-13(2,8-20(17,18)19)6-5-9(14)7-12-10(15)3-4-11(12)16/h3-4H,5-8H2,1-2H3. The monoisotopic (exact) mass is 304 g/mol. The van der Waals surface area contributed by atoms with Crippen molar-refractivity contribution in [3.05, 3.63) is 12.2 Å². The van der Waals surface area contributed by atoms with E-state index >= 15 is 0 Å². The molecule has 0 aromatic carbocycles. The number of rotatable bonds is 7. The van der Waals surface area contributed by atoms with Crippen molar-refractivity contribution < 1.29 is 31.8 Å². The molecule has 0 atom stereocenters. The zero-order valence-electron chi connectivity index (χ0n) is 11.2. The molecule has 112 valence electrons. The number of ketones is 1. The summed E-state index contributed by atoms with van der Waals surface area (Å²) in [6.07, 6.45) is 2.14. The Morgan fingerprint density at radius 2 is 1.75 bits per heavy atom. The molecular formula is C11H16N2O6S. The zero-order valence-corrected chi connectivity index (χ0v) is 12.1. The molecule has 1 rings (SSSR count). The van der Waals surface area contributed by atoms with Gasteiger partial charge in [-0.05, 0) is 0 Å². The molecule has 8 nitrogen and oxygen atoms in total. The minimum absolute atomic E-state index is 0.0282. The van der Waals surface area contributed by atoms with Gasteiger partial charge in [0.25, 0.3) is 11.8 Å². The molecule has 0 saturated heterocycles. The second-order valence-electron chi connectivity index (χ2n) is 5.23. The number of nitrogens with zero attached hydrogens (tertiary/aromatic N) is 2. The zero-order chi connectivity index (χ0) is 15.6. The molecule has 1 aliphatic heterocycles. The molecule has 0 radical (unpaired) electrons. The number of hydrogen-bond acceptors (Lipinski definition) is 6. The quantitative estimate of drug-likeness (QED) is 0.320. The lowest BCUT2D eigenvalue weighted by molar-refractivity contribution is -0.878. The maximum Gasteiger partial charge on any atom is 0.254 e. The molecule has 2 amide bonds. The Kier molecular flexibility index (Phi) is 4.79. The first-order valence-electron chi connectivity index (χ1n) is 5.81. The van der Waals surface area contributed by atoms with Crippen molar-refractivity contribution in [2.75, 3.05) is 33.1 Å². The number of amides is 2. The summed E-state index contributed by atoms with van der Waals surface area (Å²) < 4.78 is 31.9. The fourth-order valence-electron chi connectivity index (χ4n) is 1.76. The molecule has 0 aromatic heterocycles. The van der Waals surface area contributed by atoms with Crippen molar-refractivity contribution in [3.63, 3.8) is 0 Å². The van der Waals surface area contributed by atoms with E-state index in [0.717, 1.165) is 17.1 Å². The number of imide groups is 1. The summed E-state index contributed by atoms with van der Waals surface area (Å²) in [6, 6.07) is 0. The smallest absolute Gasteiger partial charge is 0.254 e. The summed E-state index contributed by atoms with van der Waals surface area (Å²) in [5, 5.41) is 0. The summed E-state index contributed by atoms with van der Waals surface area (Å²) in [5.74, 6) is -2.08. The van der Waals surface area contributed by atoms with Gasteiger partial charge in [0.2, 0.25) is 0 Å². The molecule has 0 aliphatic carbocycles. The van der Waals surface area contributed by atoms with E-state index in [1.807, 2.05) is 0 Å². The second-order valence-corrected chi connectivity index (χ2v) is 6.60. The Bertz CT molecular complexity index is 545. The maximum atomic E-state index is 11.7. The van der Waals surface area contributed by atoms with Crippen LogP contribution in [0.5, 0.6) is 0 Å². The van der Waals surface area contributed by atoms with Crippen LogP contribution in [0, 0.1) is 0 Å². The topological polar surface area (TPSA) is 112 Å². The number of Topliss-reactive ketones (excluding diaryl/α,β-unsaturated/α-hetero) is 1. The van der Waals surface area contributed by atoms with E-state index in [-0.39, 0.29) is 29.8 Å². The third kappa shape index (κ3) is 5.19. The minimum atomic E-state index is -4.39. The number of quaternary nitrogens is 1. The van der Waals surface area contributed by atoms with Gasteiger partial charge in [0, 0.05) is 12.2 Å². The average Bonchev–Trinajstić information content (AvgIpc) is 2.55. The highest BCUT2D eigenvalue weighted by molar-refractivity contribution is 7.85. The fraction of sp³-hybridized carbons (Fsp3) is 0.545. The van der Waals surface area contributed by atoms with Gasteiger partial charge in [-0.25, -0.2) is 8.42 Å². The Balaban J connectivity index is 2.48. The third-order valence-electron chi connectivity index (χ3n) is 2.74. The van der Waals surface area contributed by atoms with Crippen molar-refractivity contribution in [2.45, 2.75) is 6.42 Å². The highest BCUT2D eigenvalue weighted by Crippen LogP contribution is 2.06. The third-order valence-corrected chi connectivity index (χ3v) is 3.75. The Morgan fingerprint density at radius 1 is 1.25 bits per heavy atom. The molecule has 0 aromatic rings. The Morgan fingerprint density at radius 3 is 2.20 bits per heavy atom. The molecule has 0 saturated carbocycles. The summed E-state index contributed by atoms with van der Waals surface area (Å²) in [4.78, 5) is 35.0. The predicted molar refractivity (Wildman–Crippen MR) is 67.0 cm³/mol. The van der Waals surface area contributed by atoms with E-state index < -0.39 is 27.8 Å². The molecule has 20 heavy (non-hydrogen) atoms. The molecule has 9 heteroatoms. The molecule has 0 N–H and O–H groups in total. The van der Waals surface area contributed by atoms with Crippen LogP contribution >= 0.6 is 0 Å². The molecule has 0 fully saturated rings. The van der Waals surface area contributed by atoms with E-state index in [0.29, 0.717) is 0 Å². The molecule has 1 heterocycles. The summed E-state index contributed by atoms with van der Waals surface area (Å²) in [5.41, 5.74) is 0. The molecule has 1 aliphatic rings. The SMILES string of the molecule is C[N+](C)(CCC(=O)CN1C(=O)C=CC1=O)CS(=O)(=O)[O-]. The van der Waals surface area contributed by atoms with Crippen LogP contribution in [0.4, 0.5) is 0 Å². The number of carbonyl (C=O) groups is 3.